The Morgan fingerprint density at radius 3 is 2.62 bits per heavy atom. The van der Waals surface area contributed by atoms with Crippen LogP contribution in [-0.4, -0.2) is 11.7 Å². The quantitative estimate of drug-likeness (QED) is 0.779. The molecule has 3 heteroatoms. The minimum Gasteiger partial charge on any atom is -0.370 e. The van der Waals surface area contributed by atoms with Gasteiger partial charge in [-0.25, -0.2) is 0 Å². The molecule has 1 unspecified atom stereocenters. The Labute approximate surface area is 94.6 Å². The summed E-state index contributed by atoms with van der Waals surface area (Å²) in [6, 6.07) is 5.79. The predicted molar refractivity (Wildman–Crippen MR) is 61.2 cm³/mol. The minimum absolute atomic E-state index is 0.0844. The number of carbonyl (C=O) groups excluding carboxylic acids is 2. The molecule has 1 aliphatic carbocycles. The zero-order valence-corrected chi connectivity index (χ0v) is 9.32. The van der Waals surface area contributed by atoms with Crippen molar-refractivity contribution in [3.8, 4) is 0 Å². The highest BCUT2D eigenvalue weighted by Crippen LogP contribution is 2.29. The highest BCUT2D eigenvalue weighted by atomic mass is 16.1. The Balaban J connectivity index is 2.18. The molecule has 1 aromatic rings. The highest BCUT2D eigenvalue weighted by Gasteiger charge is 2.23. The van der Waals surface area contributed by atoms with Gasteiger partial charge in [-0.1, -0.05) is 12.1 Å². The number of carbonyl (C=O) groups is 2. The van der Waals surface area contributed by atoms with Crippen LogP contribution < -0.4 is 5.73 Å². The molecule has 0 saturated carbocycles. The van der Waals surface area contributed by atoms with Gasteiger partial charge in [0.1, 0.15) is 0 Å². The number of hydrogen-bond donors (Lipinski definition) is 1. The first kappa shape index (κ1) is 10.9. The number of benzene rings is 1. The summed E-state index contributed by atoms with van der Waals surface area (Å²) in [5.41, 5.74) is 8.38. The number of amides is 1. The fraction of sp³-hybridized carbons (Fsp3) is 0.385. The van der Waals surface area contributed by atoms with Crippen molar-refractivity contribution in [2.75, 3.05) is 0 Å². The number of ketones is 1. The third kappa shape index (κ3) is 2.13. The number of nitrogens with two attached hydrogens (primary N) is 1. The van der Waals surface area contributed by atoms with Crippen LogP contribution in [0.4, 0.5) is 0 Å². The van der Waals surface area contributed by atoms with E-state index in [0.29, 0.717) is 12.3 Å². The van der Waals surface area contributed by atoms with E-state index in [2.05, 4.69) is 0 Å². The van der Waals surface area contributed by atoms with Crippen molar-refractivity contribution >= 4 is 11.7 Å². The number of Topliss-reactive ketones (excluding diaryl/α,β-unsaturated/α-hetero) is 1. The van der Waals surface area contributed by atoms with Gasteiger partial charge in [-0.3, -0.25) is 9.59 Å². The zero-order valence-electron chi connectivity index (χ0n) is 9.32. The molecular weight excluding hydrogens is 202 g/mol. The van der Waals surface area contributed by atoms with E-state index in [1.165, 1.54) is 11.1 Å². The van der Waals surface area contributed by atoms with Gasteiger partial charge >= 0.3 is 0 Å². The van der Waals surface area contributed by atoms with Gasteiger partial charge in [-0.15, -0.1) is 0 Å². The fourth-order valence-corrected chi connectivity index (χ4v) is 2.36. The number of primary amides is 1. The zero-order chi connectivity index (χ0) is 11.7. The third-order valence-corrected chi connectivity index (χ3v) is 3.12. The van der Waals surface area contributed by atoms with Crippen LogP contribution in [0.2, 0.25) is 0 Å². The van der Waals surface area contributed by atoms with Crippen LogP contribution in [-0.2, 0) is 17.6 Å². The van der Waals surface area contributed by atoms with Crippen LogP contribution in [0.3, 0.4) is 0 Å². The lowest BCUT2D eigenvalue weighted by atomic mass is 10.0. The van der Waals surface area contributed by atoms with Crippen LogP contribution in [0.1, 0.15) is 34.8 Å². The van der Waals surface area contributed by atoms with E-state index >= 15 is 0 Å². The van der Waals surface area contributed by atoms with E-state index in [-0.39, 0.29) is 11.7 Å². The van der Waals surface area contributed by atoms with Crippen LogP contribution >= 0.6 is 0 Å². The second-order valence-corrected chi connectivity index (χ2v) is 4.48. The SMILES string of the molecule is CC(=O)c1ccc2c(c1)CC(CC(N)=O)C2. The normalized spacial score (nSPS) is 18.2. The summed E-state index contributed by atoms with van der Waals surface area (Å²) >= 11 is 0. The second-order valence-electron chi connectivity index (χ2n) is 4.48. The molecule has 84 valence electrons. The molecule has 1 aliphatic rings. The lowest BCUT2D eigenvalue weighted by molar-refractivity contribution is -0.118. The number of fused-ring (bicyclic) bond motifs is 1. The van der Waals surface area contributed by atoms with Gasteiger partial charge in [0.25, 0.3) is 0 Å². The molecule has 3 nitrogen and oxygen atoms in total. The van der Waals surface area contributed by atoms with Crippen molar-refractivity contribution in [3.63, 3.8) is 0 Å². The maximum absolute atomic E-state index is 11.2. The van der Waals surface area contributed by atoms with Gasteiger partial charge in [0, 0.05) is 12.0 Å². The van der Waals surface area contributed by atoms with E-state index in [1.807, 2.05) is 18.2 Å². The Hall–Kier alpha value is -1.64. The summed E-state index contributed by atoms with van der Waals surface area (Å²) in [7, 11) is 0. The van der Waals surface area contributed by atoms with Gasteiger partial charge in [-0.05, 0) is 42.9 Å². The highest BCUT2D eigenvalue weighted by molar-refractivity contribution is 5.94. The van der Waals surface area contributed by atoms with Crippen LogP contribution in [0.5, 0.6) is 0 Å². The minimum atomic E-state index is -0.246. The molecule has 0 radical (unpaired) electrons. The van der Waals surface area contributed by atoms with Gasteiger partial charge in [0.15, 0.2) is 5.78 Å². The fourth-order valence-electron chi connectivity index (χ4n) is 2.36. The van der Waals surface area contributed by atoms with Gasteiger partial charge in [0.2, 0.25) is 5.91 Å². The molecule has 0 saturated heterocycles. The second kappa shape index (κ2) is 4.08. The number of rotatable bonds is 3. The first-order chi connectivity index (χ1) is 7.56. The molecule has 16 heavy (non-hydrogen) atoms. The molecule has 0 aliphatic heterocycles. The molecule has 1 atom stereocenters. The van der Waals surface area contributed by atoms with Gasteiger partial charge in [0.05, 0.1) is 0 Å². The van der Waals surface area contributed by atoms with E-state index < -0.39 is 0 Å². The van der Waals surface area contributed by atoms with Gasteiger partial charge < -0.3 is 5.73 Å². The van der Waals surface area contributed by atoms with Crippen LogP contribution in [0, 0.1) is 5.92 Å². The van der Waals surface area contributed by atoms with E-state index in [9.17, 15) is 9.59 Å². The smallest absolute Gasteiger partial charge is 0.217 e. The lowest BCUT2D eigenvalue weighted by Gasteiger charge is -2.03. The molecule has 2 rings (SSSR count). The summed E-state index contributed by atoms with van der Waals surface area (Å²) in [5.74, 6) is 0.153. The molecule has 1 aromatic carbocycles. The van der Waals surface area contributed by atoms with E-state index in [4.69, 9.17) is 5.73 Å². The van der Waals surface area contributed by atoms with Crippen molar-refractivity contribution in [1.29, 1.82) is 0 Å². The molecule has 1 amide bonds. The molecular formula is C13H15NO2. The molecule has 0 fully saturated rings. The van der Waals surface area contributed by atoms with Crippen LogP contribution in [0.25, 0.3) is 0 Å². The monoisotopic (exact) mass is 217 g/mol. The van der Waals surface area contributed by atoms with E-state index in [1.54, 1.807) is 6.92 Å². The predicted octanol–water partition coefficient (Wildman–Crippen LogP) is 1.48. The molecule has 0 heterocycles. The van der Waals surface area contributed by atoms with Crippen molar-refractivity contribution in [1.82, 2.24) is 0 Å². The molecule has 0 spiro atoms. The van der Waals surface area contributed by atoms with E-state index in [0.717, 1.165) is 18.4 Å². The largest absolute Gasteiger partial charge is 0.370 e. The first-order valence-corrected chi connectivity index (χ1v) is 5.47. The summed E-state index contributed by atoms with van der Waals surface area (Å²) < 4.78 is 0. The van der Waals surface area contributed by atoms with Crippen molar-refractivity contribution < 1.29 is 9.59 Å². The van der Waals surface area contributed by atoms with Crippen LogP contribution in [0.15, 0.2) is 18.2 Å². The Morgan fingerprint density at radius 1 is 1.31 bits per heavy atom. The van der Waals surface area contributed by atoms with Gasteiger partial charge in [-0.2, -0.15) is 0 Å². The lowest BCUT2D eigenvalue weighted by Crippen LogP contribution is -2.16. The summed E-state index contributed by atoms with van der Waals surface area (Å²) in [5, 5.41) is 0. The van der Waals surface area contributed by atoms with Crippen molar-refractivity contribution in [2.45, 2.75) is 26.2 Å². The maximum Gasteiger partial charge on any atom is 0.217 e. The Kier molecular flexibility index (Phi) is 2.77. The molecule has 0 bridgehead atoms. The summed E-state index contributed by atoms with van der Waals surface area (Å²) in [4.78, 5) is 22.1. The molecule has 0 aromatic heterocycles. The Bertz CT molecular complexity index is 451. The average Bonchev–Trinajstić information content (AvgIpc) is 2.56. The maximum atomic E-state index is 11.2. The first-order valence-electron chi connectivity index (χ1n) is 5.47. The standard InChI is InChI=1S/C13H15NO2/c1-8(15)10-2-3-11-4-9(6-13(14)16)5-12(11)7-10/h2-3,7,9H,4-6H2,1H3,(H2,14,16). The third-order valence-electron chi connectivity index (χ3n) is 3.12. The summed E-state index contributed by atoms with van der Waals surface area (Å²) in [6.45, 7) is 1.57. The Morgan fingerprint density at radius 2 is 2.00 bits per heavy atom. The molecule has 2 N–H and O–H groups in total. The topological polar surface area (TPSA) is 60.2 Å². The average molecular weight is 217 g/mol. The number of hydrogen-bond acceptors (Lipinski definition) is 2. The van der Waals surface area contributed by atoms with Crippen molar-refractivity contribution in [2.24, 2.45) is 11.7 Å². The van der Waals surface area contributed by atoms with Crippen molar-refractivity contribution in [3.05, 3.63) is 34.9 Å². The summed E-state index contributed by atoms with van der Waals surface area (Å²) in [6.07, 6.45) is 2.19.